The Labute approximate surface area is 224 Å². The van der Waals surface area contributed by atoms with Gasteiger partial charge in [0.25, 0.3) is 0 Å². The van der Waals surface area contributed by atoms with E-state index in [2.05, 4.69) is 22.1 Å². The van der Waals surface area contributed by atoms with Crippen LogP contribution in [-0.4, -0.2) is 87.2 Å². The van der Waals surface area contributed by atoms with Crippen LogP contribution >= 0.6 is 23.1 Å². The summed E-state index contributed by atoms with van der Waals surface area (Å²) in [6.45, 7) is 12.3. The summed E-state index contributed by atoms with van der Waals surface area (Å²) in [4.78, 5) is 38.6. The predicted molar refractivity (Wildman–Crippen MR) is 147 cm³/mol. The van der Waals surface area contributed by atoms with E-state index in [1.54, 1.807) is 35.2 Å². The van der Waals surface area contributed by atoms with Crippen molar-refractivity contribution in [1.29, 1.82) is 0 Å². The molecule has 0 radical (unpaired) electrons. The van der Waals surface area contributed by atoms with Gasteiger partial charge in [-0.05, 0) is 58.4 Å². The number of piperazine rings is 1. The van der Waals surface area contributed by atoms with Gasteiger partial charge in [-0.25, -0.2) is 14.0 Å². The van der Waals surface area contributed by atoms with Crippen LogP contribution in [0.4, 0.5) is 10.1 Å². The quantitative estimate of drug-likeness (QED) is 0.369. The molecule has 3 heterocycles. The van der Waals surface area contributed by atoms with Crippen molar-refractivity contribution in [3.63, 3.8) is 0 Å². The van der Waals surface area contributed by atoms with Crippen LogP contribution in [0.3, 0.4) is 0 Å². The summed E-state index contributed by atoms with van der Waals surface area (Å²) in [6, 6.07) is 5.09. The first-order chi connectivity index (χ1) is 17.5. The summed E-state index contributed by atoms with van der Waals surface area (Å²) in [5.41, 5.74) is 1.24. The van der Waals surface area contributed by atoms with E-state index < -0.39 is 11.9 Å². The minimum atomic E-state index is -1.26. The Morgan fingerprint density at radius 1 is 1.08 bits per heavy atom. The summed E-state index contributed by atoms with van der Waals surface area (Å²) < 4.78 is 14.2. The molecular weight excluding hydrogens is 517 g/mol. The van der Waals surface area contributed by atoms with E-state index in [9.17, 15) is 18.8 Å². The number of rotatable bonds is 8. The van der Waals surface area contributed by atoms with E-state index in [1.165, 1.54) is 5.69 Å². The van der Waals surface area contributed by atoms with E-state index in [0.29, 0.717) is 12.2 Å². The molecule has 1 atom stereocenters. The largest absolute Gasteiger partial charge is 0.478 e. The lowest BCUT2D eigenvalue weighted by molar-refractivity contribution is -0.134. The highest BCUT2D eigenvalue weighted by Gasteiger charge is 2.43. The van der Waals surface area contributed by atoms with Crippen molar-refractivity contribution in [3.8, 4) is 0 Å². The highest BCUT2D eigenvalue weighted by atomic mass is 32.2. The monoisotopic (exact) mass is 551 g/mol. The van der Waals surface area contributed by atoms with Crippen LogP contribution in [0.25, 0.3) is 10.1 Å². The minimum absolute atomic E-state index is 0.164. The first-order valence-electron chi connectivity index (χ1n) is 12.2. The van der Waals surface area contributed by atoms with Crippen molar-refractivity contribution in [3.05, 3.63) is 41.5 Å². The number of carbonyl (C=O) groups is 3. The summed E-state index contributed by atoms with van der Waals surface area (Å²) in [7, 11) is 0. The first-order valence-corrected chi connectivity index (χ1v) is 14.0. The van der Waals surface area contributed by atoms with Gasteiger partial charge in [-0.3, -0.25) is 9.69 Å². The molecular formula is C26H34FN3O5S2. The number of carboxylic acids is 2. The van der Waals surface area contributed by atoms with Crippen molar-refractivity contribution >= 4 is 56.7 Å². The van der Waals surface area contributed by atoms with E-state index in [4.69, 9.17) is 10.2 Å². The lowest BCUT2D eigenvalue weighted by Crippen LogP contribution is -2.46. The fourth-order valence-electron chi connectivity index (χ4n) is 4.54. The summed E-state index contributed by atoms with van der Waals surface area (Å²) in [5.74, 6) is -2.39. The van der Waals surface area contributed by atoms with Crippen molar-refractivity contribution < 1.29 is 29.0 Å². The normalized spacial score (nSPS) is 19.9. The third-order valence-electron chi connectivity index (χ3n) is 6.40. The number of thioether (sulfide) groups is 1. The molecule has 8 nitrogen and oxygen atoms in total. The minimum Gasteiger partial charge on any atom is -0.478 e. The molecule has 2 fully saturated rings. The number of halogens is 1. The topological polar surface area (TPSA) is 101 Å². The van der Waals surface area contributed by atoms with Gasteiger partial charge in [0.1, 0.15) is 5.82 Å². The molecule has 0 aliphatic carbocycles. The molecule has 37 heavy (non-hydrogen) atoms. The standard InChI is InChI=1S/C22H30FN3OS2.C4H4O4/c1-16-26(21(27)22(2,3)29-16)9-5-4-8-24-10-12-25(13-11-24)19-15-28-20-14-17(23)6-7-18(19)20;5-3(6)1-2-4(7)8/h6-7,14-16H,4-5,8-13H2,1-3H3;1-2H,(H,5,6)(H,7,8)/b;2-1-. The van der Waals surface area contributed by atoms with Crippen LogP contribution in [0, 0.1) is 5.82 Å². The number of amides is 1. The average molecular weight is 552 g/mol. The van der Waals surface area contributed by atoms with Gasteiger partial charge in [-0.2, -0.15) is 0 Å². The number of nitrogens with zero attached hydrogens (tertiary/aromatic N) is 3. The van der Waals surface area contributed by atoms with Gasteiger partial charge in [-0.15, -0.1) is 23.1 Å². The Bertz CT molecular complexity index is 1130. The van der Waals surface area contributed by atoms with E-state index in [1.807, 2.05) is 24.8 Å². The molecule has 11 heteroatoms. The second-order valence-corrected chi connectivity index (χ2v) is 12.4. The summed E-state index contributed by atoms with van der Waals surface area (Å²) in [5, 5.41) is 19.2. The second kappa shape index (κ2) is 12.7. The van der Waals surface area contributed by atoms with E-state index in [-0.39, 0.29) is 21.8 Å². The number of hydrogen-bond acceptors (Lipinski definition) is 7. The number of anilines is 1. The zero-order valence-corrected chi connectivity index (χ0v) is 23.0. The Morgan fingerprint density at radius 3 is 2.27 bits per heavy atom. The fourth-order valence-corrected chi connectivity index (χ4v) is 6.93. The third-order valence-corrected chi connectivity index (χ3v) is 8.69. The molecule has 1 aromatic heterocycles. The van der Waals surface area contributed by atoms with Crippen molar-refractivity contribution in [2.45, 2.75) is 43.7 Å². The van der Waals surface area contributed by atoms with Gasteiger partial charge in [0, 0.05) is 60.3 Å². The van der Waals surface area contributed by atoms with Crippen LogP contribution in [0.5, 0.6) is 0 Å². The van der Waals surface area contributed by atoms with Crippen molar-refractivity contribution in [2.75, 3.05) is 44.2 Å². The number of aliphatic carboxylic acids is 2. The maximum atomic E-state index is 13.4. The summed E-state index contributed by atoms with van der Waals surface area (Å²) in [6.07, 6.45) is 3.31. The molecule has 2 N–H and O–H groups in total. The maximum Gasteiger partial charge on any atom is 0.328 e. The molecule has 2 saturated heterocycles. The molecule has 2 aromatic rings. The molecule has 1 aromatic carbocycles. The fraction of sp³-hybridized carbons (Fsp3) is 0.500. The zero-order chi connectivity index (χ0) is 27.2. The lowest BCUT2D eigenvalue weighted by Gasteiger charge is -2.36. The molecule has 0 spiro atoms. The van der Waals surface area contributed by atoms with Gasteiger partial charge in [0.15, 0.2) is 0 Å². The molecule has 202 valence electrons. The second-order valence-electron chi connectivity index (χ2n) is 9.53. The molecule has 2 aliphatic heterocycles. The maximum absolute atomic E-state index is 13.4. The Balaban J connectivity index is 0.000000414. The highest BCUT2D eigenvalue weighted by molar-refractivity contribution is 8.02. The van der Waals surface area contributed by atoms with Crippen LogP contribution in [0.2, 0.25) is 0 Å². The van der Waals surface area contributed by atoms with Crippen molar-refractivity contribution in [1.82, 2.24) is 9.80 Å². The molecule has 1 amide bonds. The lowest BCUT2D eigenvalue weighted by atomic mass is 10.1. The Morgan fingerprint density at radius 2 is 1.70 bits per heavy atom. The average Bonchev–Trinajstić information content (AvgIpc) is 3.33. The number of thiophene rings is 1. The molecule has 2 aliphatic rings. The first kappa shape index (κ1) is 28.9. The van der Waals surface area contributed by atoms with E-state index in [0.717, 1.165) is 62.2 Å². The van der Waals surface area contributed by atoms with Crippen LogP contribution in [0.1, 0.15) is 33.6 Å². The van der Waals surface area contributed by atoms with Gasteiger partial charge in [-0.1, -0.05) is 0 Å². The number of benzene rings is 1. The smallest absolute Gasteiger partial charge is 0.328 e. The highest BCUT2D eigenvalue weighted by Crippen LogP contribution is 2.40. The van der Waals surface area contributed by atoms with Gasteiger partial charge < -0.3 is 20.0 Å². The SMILES string of the molecule is CC1SC(C)(C)C(=O)N1CCCCN1CCN(c2csc3cc(F)ccc23)CC1.O=C(O)/C=C\C(=O)O. The van der Waals surface area contributed by atoms with Gasteiger partial charge in [0.2, 0.25) is 5.91 Å². The number of hydrogen-bond donors (Lipinski definition) is 2. The molecule has 0 bridgehead atoms. The van der Waals surface area contributed by atoms with Crippen LogP contribution < -0.4 is 4.90 Å². The third kappa shape index (κ3) is 7.93. The number of fused-ring (bicyclic) bond motifs is 1. The Kier molecular flexibility index (Phi) is 9.97. The molecule has 1 unspecified atom stereocenters. The predicted octanol–water partition coefficient (Wildman–Crippen LogP) is 4.35. The Hall–Kier alpha value is -2.63. The van der Waals surface area contributed by atoms with E-state index >= 15 is 0 Å². The van der Waals surface area contributed by atoms with Gasteiger partial charge >= 0.3 is 11.9 Å². The van der Waals surface area contributed by atoms with Crippen molar-refractivity contribution in [2.24, 2.45) is 0 Å². The van der Waals surface area contributed by atoms with Crippen LogP contribution in [-0.2, 0) is 14.4 Å². The molecule has 0 saturated carbocycles. The number of carbonyl (C=O) groups excluding carboxylic acids is 1. The molecule has 4 rings (SSSR count). The summed E-state index contributed by atoms with van der Waals surface area (Å²) >= 11 is 3.39. The number of carboxylic acid groups (broad SMARTS) is 2. The van der Waals surface area contributed by atoms with Gasteiger partial charge in [0.05, 0.1) is 15.8 Å². The zero-order valence-electron chi connectivity index (χ0n) is 21.4. The number of unbranched alkanes of at least 4 members (excludes halogenated alkanes) is 1. The van der Waals surface area contributed by atoms with Crippen LogP contribution in [0.15, 0.2) is 35.7 Å².